The SMILES string of the molecule is Cc1nc(S(=O)(=O)N2CCC(C(=O)N3C[C@@H](C)[C@H](C(=O)O)C3)CC2)cn1C. The third-order valence-electron chi connectivity index (χ3n) is 5.74. The number of nitrogens with zero attached hydrogens (tertiary/aromatic N) is 4. The molecule has 2 aliphatic heterocycles. The van der Waals surface area contributed by atoms with Gasteiger partial charge in [-0.3, -0.25) is 9.59 Å². The van der Waals surface area contributed by atoms with Crippen LogP contribution in [0, 0.1) is 24.7 Å². The van der Waals surface area contributed by atoms with Crippen LogP contribution in [-0.2, 0) is 26.7 Å². The van der Waals surface area contributed by atoms with Crippen molar-refractivity contribution in [3.63, 3.8) is 0 Å². The van der Waals surface area contributed by atoms with Gasteiger partial charge in [0.15, 0.2) is 5.03 Å². The fourth-order valence-electron chi connectivity index (χ4n) is 3.85. The van der Waals surface area contributed by atoms with E-state index in [4.69, 9.17) is 0 Å². The van der Waals surface area contributed by atoms with Gasteiger partial charge in [-0.1, -0.05) is 6.92 Å². The van der Waals surface area contributed by atoms with Crippen LogP contribution in [0.5, 0.6) is 0 Å². The van der Waals surface area contributed by atoms with Crippen LogP contribution in [0.25, 0.3) is 0 Å². The van der Waals surface area contributed by atoms with Crippen LogP contribution in [0.1, 0.15) is 25.6 Å². The van der Waals surface area contributed by atoms with Crippen molar-refractivity contribution < 1.29 is 23.1 Å². The maximum atomic E-state index is 12.7. The predicted octanol–water partition coefficient (Wildman–Crippen LogP) is 0.308. The molecule has 0 spiro atoms. The van der Waals surface area contributed by atoms with Gasteiger partial charge in [0.1, 0.15) is 5.82 Å². The van der Waals surface area contributed by atoms with Crippen LogP contribution >= 0.6 is 0 Å². The molecule has 27 heavy (non-hydrogen) atoms. The molecule has 1 aromatic heterocycles. The monoisotopic (exact) mass is 398 g/mol. The van der Waals surface area contributed by atoms with Crippen LogP contribution in [0.4, 0.5) is 0 Å². The van der Waals surface area contributed by atoms with Crippen molar-refractivity contribution >= 4 is 21.9 Å². The van der Waals surface area contributed by atoms with Crippen molar-refractivity contribution in [3.8, 4) is 0 Å². The number of piperidine rings is 1. The summed E-state index contributed by atoms with van der Waals surface area (Å²) in [5, 5.41) is 9.26. The lowest BCUT2D eigenvalue weighted by atomic mass is 9.96. The summed E-state index contributed by atoms with van der Waals surface area (Å²) >= 11 is 0. The van der Waals surface area contributed by atoms with Crippen molar-refractivity contribution in [2.45, 2.75) is 31.7 Å². The van der Waals surface area contributed by atoms with Crippen LogP contribution < -0.4 is 0 Å². The van der Waals surface area contributed by atoms with Gasteiger partial charge in [0.05, 0.1) is 5.92 Å². The maximum absolute atomic E-state index is 12.7. The largest absolute Gasteiger partial charge is 0.481 e. The highest BCUT2D eigenvalue weighted by Gasteiger charge is 2.40. The number of aromatic nitrogens is 2. The van der Waals surface area contributed by atoms with Gasteiger partial charge in [-0.2, -0.15) is 4.31 Å². The Morgan fingerprint density at radius 3 is 2.33 bits per heavy atom. The van der Waals surface area contributed by atoms with Gasteiger partial charge in [0.25, 0.3) is 10.0 Å². The number of rotatable bonds is 4. The first-order chi connectivity index (χ1) is 12.6. The zero-order chi connectivity index (χ0) is 19.9. The topological polar surface area (TPSA) is 113 Å². The molecular weight excluding hydrogens is 372 g/mol. The molecule has 150 valence electrons. The number of carboxylic acids is 1. The van der Waals surface area contributed by atoms with E-state index in [0.717, 1.165) is 0 Å². The summed E-state index contributed by atoms with van der Waals surface area (Å²) in [5.41, 5.74) is 0. The van der Waals surface area contributed by atoms with Gasteiger partial charge < -0.3 is 14.6 Å². The standard InChI is InChI=1S/C17H26N4O5S/c1-11-8-20(9-14(11)17(23)24)16(22)13-4-6-21(7-5-13)27(25,26)15-10-19(3)12(2)18-15/h10-11,13-14H,4-9H2,1-3H3,(H,23,24)/t11-,14-/m1/s1. The lowest BCUT2D eigenvalue weighted by Gasteiger charge is -2.32. The van der Waals surface area contributed by atoms with Gasteiger partial charge in [-0.25, -0.2) is 13.4 Å². The van der Waals surface area contributed by atoms with Gasteiger partial charge in [0.2, 0.25) is 5.91 Å². The number of hydrogen-bond donors (Lipinski definition) is 1. The van der Waals surface area contributed by atoms with E-state index in [1.807, 2.05) is 6.92 Å². The maximum Gasteiger partial charge on any atom is 0.308 e. The van der Waals surface area contributed by atoms with E-state index in [0.29, 0.717) is 25.2 Å². The highest BCUT2D eigenvalue weighted by atomic mass is 32.2. The minimum atomic E-state index is -3.66. The molecule has 1 N–H and O–H groups in total. The third kappa shape index (κ3) is 3.73. The van der Waals surface area contributed by atoms with Crippen LogP contribution in [0.2, 0.25) is 0 Å². The second-order valence-electron chi connectivity index (χ2n) is 7.58. The zero-order valence-electron chi connectivity index (χ0n) is 15.8. The molecule has 10 heteroatoms. The average Bonchev–Trinajstić information content (AvgIpc) is 3.17. The van der Waals surface area contributed by atoms with Crippen molar-refractivity contribution in [2.75, 3.05) is 26.2 Å². The molecule has 3 heterocycles. The highest BCUT2D eigenvalue weighted by Crippen LogP contribution is 2.29. The van der Waals surface area contributed by atoms with Crippen LogP contribution in [0.3, 0.4) is 0 Å². The molecule has 0 aromatic carbocycles. The van der Waals surface area contributed by atoms with Gasteiger partial charge in [0, 0.05) is 45.3 Å². The molecule has 0 radical (unpaired) electrons. The lowest BCUT2D eigenvalue weighted by Crippen LogP contribution is -2.44. The molecule has 2 aliphatic rings. The van der Waals surface area contributed by atoms with Crippen molar-refractivity contribution in [1.82, 2.24) is 18.8 Å². The lowest BCUT2D eigenvalue weighted by molar-refractivity contribution is -0.142. The molecule has 1 amide bonds. The molecule has 2 fully saturated rings. The number of sulfonamides is 1. The smallest absolute Gasteiger partial charge is 0.308 e. The molecule has 1 aromatic rings. The second kappa shape index (κ2) is 7.23. The fourth-order valence-corrected chi connectivity index (χ4v) is 5.35. The Labute approximate surface area is 159 Å². The normalized spacial score (nSPS) is 25.1. The minimum Gasteiger partial charge on any atom is -0.481 e. The number of hydrogen-bond acceptors (Lipinski definition) is 5. The summed E-state index contributed by atoms with van der Waals surface area (Å²) in [5.74, 6) is -1.17. The molecule has 0 unspecified atom stereocenters. The van der Waals surface area contributed by atoms with Crippen molar-refractivity contribution in [3.05, 3.63) is 12.0 Å². The van der Waals surface area contributed by atoms with Crippen LogP contribution in [0.15, 0.2) is 11.2 Å². The van der Waals surface area contributed by atoms with Gasteiger partial charge in [-0.05, 0) is 25.7 Å². The number of amides is 1. The highest BCUT2D eigenvalue weighted by molar-refractivity contribution is 7.89. The summed E-state index contributed by atoms with van der Waals surface area (Å²) in [6.07, 6.45) is 2.37. The minimum absolute atomic E-state index is 0.0324. The first kappa shape index (κ1) is 19.8. The first-order valence-corrected chi connectivity index (χ1v) is 10.6. The number of aliphatic carboxylic acids is 1. The first-order valence-electron chi connectivity index (χ1n) is 9.13. The average molecular weight is 398 g/mol. The van der Waals surface area contributed by atoms with Crippen molar-refractivity contribution in [1.29, 1.82) is 0 Å². The second-order valence-corrected chi connectivity index (χ2v) is 9.47. The van der Waals surface area contributed by atoms with E-state index in [-0.39, 0.29) is 42.4 Å². The summed E-state index contributed by atoms with van der Waals surface area (Å²) in [7, 11) is -1.92. The van der Waals surface area contributed by atoms with E-state index in [1.165, 1.54) is 10.5 Å². The Kier molecular flexibility index (Phi) is 5.31. The Hall–Kier alpha value is -1.94. The number of imidazole rings is 1. The number of likely N-dealkylation sites (tertiary alicyclic amines) is 1. The predicted molar refractivity (Wildman–Crippen MR) is 96.3 cm³/mol. The summed E-state index contributed by atoms with van der Waals surface area (Å²) < 4.78 is 28.5. The van der Waals surface area contributed by atoms with E-state index in [2.05, 4.69) is 4.98 Å². The van der Waals surface area contributed by atoms with E-state index in [9.17, 15) is 23.1 Å². The zero-order valence-corrected chi connectivity index (χ0v) is 16.6. The Balaban J connectivity index is 1.62. The number of aryl methyl sites for hydroxylation is 2. The molecular formula is C17H26N4O5S. The van der Waals surface area contributed by atoms with Gasteiger partial charge >= 0.3 is 5.97 Å². The molecule has 0 bridgehead atoms. The number of carbonyl (C=O) groups is 2. The van der Waals surface area contributed by atoms with E-state index >= 15 is 0 Å². The van der Waals surface area contributed by atoms with E-state index < -0.39 is 21.9 Å². The fraction of sp³-hybridized carbons (Fsp3) is 0.706. The molecule has 0 saturated carbocycles. The van der Waals surface area contributed by atoms with Crippen molar-refractivity contribution in [2.24, 2.45) is 24.8 Å². The Morgan fingerprint density at radius 1 is 1.22 bits per heavy atom. The summed E-state index contributed by atoms with van der Waals surface area (Å²) in [4.78, 5) is 29.7. The summed E-state index contributed by atoms with van der Waals surface area (Å²) in [6, 6.07) is 0. The van der Waals surface area contributed by atoms with E-state index in [1.54, 1.807) is 23.4 Å². The number of carboxylic acid groups (broad SMARTS) is 1. The van der Waals surface area contributed by atoms with Crippen LogP contribution in [-0.4, -0.2) is 70.3 Å². The number of carbonyl (C=O) groups excluding carboxylic acids is 1. The molecule has 0 aliphatic carbocycles. The third-order valence-corrected chi connectivity index (χ3v) is 7.51. The Morgan fingerprint density at radius 2 is 1.85 bits per heavy atom. The van der Waals surface area contributed by atoms with Gasteiger partial charge in [-0.15, -0.1) is 0 Å². The Bertz CT molecular complexity index is 822. The molecule has 2 saturated heterocycles. The summed E-state index contributed by atoms with van der Waals surface area (Å²) in [6.45, 7) is 4.80. The molecule has 3 rings (SSSR count). The molecule has 9 nitrogen and oxygen atoms in total. The molecule has 2 atom stereocenters. The quantitative estimate of drug-likeness (QED) is 0.781.